The van der Waals surface area contributed by atoms with Gasteiger partial charge >= 0.3 is 12.2 Å². The summed E-state index contributed by atoms with van der Waals surface area (Å²) in [7, 11) is 2.60. The standard InChI is InChI=1S/C46H54N8O7/c1-27(2)39(51-45(57)59-3)43(55)53-19-5-7-37(53)41-47-25-35(49-41)29-11-9-28(10-12-29)31-13-14-33-24-34(16-15-32(33)23-31)36-26-48-42(50-36)38-8-6-20-54(38)44(56)40(52-46(58)60-4)30-17-21-61-22-18-30/h9-16,23-27,30,37-40H,5-8,17-22H2,1-4H3,(H,47,49)(H,48,50)(H,51,57)(H,52,58)/t37?,38-,39-,40-/m0/s1. The van der Waals surface area contributed by atoms with E-state index in [0.29, 0.717) is 39.1 Å². The lowest BCUT2D eigenvalue weighted by Crippen LogP contribution is -2.53. The predicted octanol–water partition coefficient (Wildman–Crippen LogP) is 7.15. The second-order valence-electron chi connectivity index (χ2n) is 16.5. The van der Waals surface area contributed by atoms with Gasteiger partial charge in [-0.25, -0.2) is 19.6 Å². The smallest absolute Gasteiger partial charge is 0.407 e. The lowest BCUT2D eigenvalue weighted by molar-refractivity contribution is -0.137. The molecule has 3 aromatic carbocycles. The van der Waals surface area contributed by atoms with Crippen LogP contribution in [0, 0.1) is 11.8 Å². The monoisotopic (exact) mass is 830 g/mol. The fourth-order valence-corrected chi connectivity index (χ4v) is 9.04. The predicted molar refractivity (Wildman–Crippen MR) is 229 cm³/mol. The Morgan fingerprint density at radius 1 is 0.672 bits per heavy atom. The third-order valence-corrected chi connectivity index (χ3v) is 12.4. The number of H-pyrrole nitrogens is 2. The van der Waals surface area contributed by atoms with Crippen LogP contribution in [0.1, 0.15) is 76.1 Å². The molecule has 320 valence electrons. The molecule has 1 unspecified atom stereocenters. The second kappa shape index (κ2) is 18.2. The lowest BCUT2D eigenvalue weighted by atomic mass is 9.90. The van der Waals surface area contributed by atoms with Crippen LogP contribution in [-0.4, -0.2) is 106 Å². The minimum atomic E-state index is -0.688. The van der Waals surface area contributed by atoms with Gasteiger partial charge in [0.05, 0.1) is 50.1 Å². The number of hydrogen-bond donors (Lipinski definition) is 4. The van der Waals surface area contributed by atoms with Crippen LogP contribution in [0.5, 0.6) is 0 Å². The van der Waals surface area contributed by atoms with E-state index < -0.39 is 24.3 Å². The number of benzene rings is 3. The topological polar surface area (TPSA) is 184 Å². The number of carbonyl (C=O) groups is 4. The highest BCUT2D eigenvalue weighted by molar-refractivity contribution is 5.91. The van der Waals surface area contributed by atoms with Crippen molar-refractivity contribution in [1.82, 2.24) is 40.4 Å². The molecule has 5 heterocycles. The molecule has 2 aromatic heterocycles. The number of amides is 4. The van der Waals surface area contributed by atoms with Crippen molar-refractivity contribution >= 4 is 34.8 Å². The summed E-state index contributed by atoms with van der Waals surface area (Å²) in [5.41, 5.74) is 5.88. The van der Waals surface area contributed by atoms with E-state index in [9.17, 15) is 19.2 Å². The molecule has 3 aliphatic heterocycles. The number of rotatable bonds is 11. The van der Waals surface area contributed by atoms with Crippen LogP contribution in [0.3, 0.4) is 0 Å². The van der Waals surface area contributed by atoms with E-state index in [1.807, 2.05) is 36.0 Å². The van der Waals surface area contributed by atoms with Gasteiger partial charge in [-0.15, -0.1) is 0 Å². The first-order valence-corrected chi connectivity index (χ1v) is 21.2. The van der Waals surface area contributed by atoms with Crippen LogP contribution >= 0.6 is 0 Å². The summed E-state index contributed by atoms with van der Waals surface area (Å²) in [5.74, 6) is 1.07. The molecule has 4 atom stereocenters. The van der Waals surface area contributed by atoms with Crippen molar-refractivity contribution in [1.29, 1.82) is 0 Å². The Morgan fingerprint density at radius 3 is 1.77 bits per heavy atom. The molecule has 0 radical (unpaired) electrons. The van der Waals surface area contributed by atoms with Crippen molar-refractivity contribution in [2.24, 2.45) is 11.8 Å². The van der Waals surface area contributed by atoms with Gasteiger partial charge in [0.2, 0.25) is 11.8 Å². The molecule has 61 heavy (non-hydrogen) atoms. The highest BCUT2D eigenvalue weighted by Crippen LogP contribution is 2.36. The van der Waals surface area contributed by atoms with E-state index in [0.717, 1.165) is 81.7 Å². The van der Waals surface area contributed by atoms with Gasteiger partial charge in [0, 0.05) is 31.9 Å². The van der Waals surface area contributed by atoms with Crippen molar-refractivity contribution in [3.63, 3.8) is 0 Å². The van der Waals surface area contributed by atoms with Crippen LogP contribution in [0.25, 0.3) is 44.4 Å². The summed E-state index contributed by atoms with van der Waals surface area (Å²) >= 11 is 0. The number of carbonyl (C=O) groups excluding carboxylic acids is 4. The number of likely N-dealkylation sites (tertiary alicyclic amines) is 2. The highest BCUT2D eigenvalue weighted by atomic mass is 16.5. The normalized spacial score (nSPS) is 19.2. The molecule has 3 fully saturated rings. The maximum Gasteiger partial charge on any atom is 0.407 e. The van der Waals surface area contributed by atoms with Crippen molar-refractivity contribution in [3.8, 4) is 33.6 Å². The summed E-state index contributed by atoms with van der Waals surface area (Å²) in [4.78, 5) is 71.9. The Bertz CT molecular complexity index is 2370. The SMILES string of the molecule is COC(=O)N[C@H](C(=O)N1CCCC1c1ncc(-c2ccc(-c3ccc4cc(-c5cnc([C@@H]6CCCN6C(=O)[C@@H](NC(=O)OC)C6CCOCC6)[nH]5)ccc4c3)cc2)[nH]1)C(C)C. The van der Waals surface area contributed by atoms with Crippen LogP contribution in [0.2, 0.25) is 0 Å². The van der Waals surface area contributed by atoms with E-state index in [1.165, 1.54) is 14.2 Å². The largest absolute Gasteiger partial charge is 0.453 e. The molecule has 3 aliphatic rings. The summed E-state index contributed by atoms with van der Waals surface area (Å²) in [6.45, 7) is 6.11. The van der Waals surface area contributed by atoms with Gasteiger partial charge in [-0.05, 0) is 90.0 Å². The average Bonchev–Trinajstić information content (AvgIpc) is 4.14. The second-order valence-corrected chi connectivity index (χ2v) is 16.5. The molecular formula is C46H54N8O7. The van der Waals surface area contributed by atoms with Crippen LogP contribution in [0.15, 0.2) is 73.1 Å². The molecule has 4 amide bonds. The first kappa shape index (κ1) is 41.5. The van der Waals surface area contributed by atoms with Gasteiger partial charge in [0.1, 0.15) is 23.7 Å². The van der Waals surface area contributed by atoms with Gasteiger partial charge in [-0.2, -0.15) is 0 Å². The molecule has 0 saturated carbocycles. The molecule has 4 N–H and O–H groups in total. The van der Waals surface area contributed by atoms with Gasteiger partial charge in [0.25, 0.3) is 0 Å². The van der Waals surface area contributed by atoms with Crippen LogP contribution < -0.4 is 10.6 Å². The lowest BCUT2D eigenvalue weighted by Gasteiger charge is -2.34. The zero-order chi connectivity index (χ0) is 42.6. The maximum atomic E-state index is 14.0. The van der Waals surface area contributed by atoms with Crippen molar-refractivity contribution in [2.45, 2.75) is 76.5 Å². The molecule has 0 bridgehead atoms. The molecule has 0 aliphatic carbocycles. The minimum Gasteiger partial charge on any atom is -0.453 e. The fourth-order valence-electron chi connectivity index (χ4n) is 9.04. The number of aromatic amines is 2. The van der Waals surface area contributed by atoms with E-state index in [1.54, 1.807) is 0 Å². The van der Waals surface area contributed by atoms with Crippen LogP contribution in [-0.2, 0) is 23.8 Å². The minimum absolute atomic E-state index is 0.0275. The number of fused-ring (bicyclic) bond motifs is 1. The summed E-state index contributed by atoms with van der Waals surface area (Å²) in [6.07, 6.45) is 7.05. The number of methoxy groups -OCH3 is 2. The first-order valence-electron chi connectivity index (χ1n) is 21.2. The van der Waals surface area contributed by atoms with Crippen molar-refractivity contribution in [3.05, 3.63) is 84.7 Å². The van der Waals surface area contributed by atoms with E-state index in [4.69, 9.17) is 24.2 Å². The molecule has 15 heteroatoms. The highest BCUT2D eigenvalue weighted by Gasteiger charge is 2.40. The Balaban J connectivity index is 0.936. The van der Waals surface area contributed by atoms with E-state index >= 15 is 0 Å². The fraction of sp³-hybridized carbons (Fsp3) is 0.435. The number of imidazole rings is 2. The Morgan fingerprint density at radius 2 is 1.18 bits per heavy atom. The molecule has 5 aromatic rings. The average molecular weight is 831 g/mol. The van der Waals surface area contributed by atoms with Gasteiger partial charge in [-0.3, -0.25) is 9.59 Å². The number of nitrogens with zero attached hydrogens (tertiary/aromatic N) is 4. The third kappa shape index (κ3) is 8.83. The summed E-state index contributed by atoms with van der Waals surface area (Å²) < 4.78 is 15.2. The molecule has 15 nitrogen and oxygen atoms in total. The number of ether oxygens (including phenoxy) is 3. The Labute approximate surface area is 354 Å². The first-order chi connectivity index (χ1) is 29.6. The van der Waals surface area contributed by atoms with Crippen LogP contribution in [0.4, 0.5) is 9.59 Å². The van der Waals surface area contributed by atoms with Gasteiger partial charge < -0.3 is 44.6 Å². The van der Waals surface area contributed by atoms with Gasteiger partial charge in [-0.1, -0.05) is 62.4 Å². The number of aromatic nitrogens is 4. The Kier molecular flexibility index (Phi) is 12.4. The van der Waals surface area contributed by atoms with Gasteiger partial charge in [0.15, 0.2) is 0 Å². The van der Waals surface area contributed by atoms with Crippen molar-refractivity contribution in [2.75, 3.05) is 40.5 Å². The molecule has 8 rings (SSSR count). The zero-order valence-corrected chi connectivity index (χ0v) is 35.1. The molecule has 3 saturated heterocycles. The Hall–Kier alpha value is -6.22. The quantitative estimate of drug-likeness (QED) is 0.107. The van der Waals surface area contributed by atoms with E-state index in [-0.39, 0.29) is 35.7 Å². The molecule has 0 spiro atoms. The van der Waals surface area contributed by atoms with E-state index in [2.05, 4.69) is 81.3 Å². The summed E-state index contributed by atoms with van der Waals surface area (Å²) in [6, 6.07) is 19.3. The van der Waals surface area contributed by atoms with Crippen molar-refractivity contribution < 1.29 is 33.4 Å². The third-order valence-electron chi connectivity index (χ3n) is 12.4. The number of nitrogens with one attached hydrogen (secondary N) is 4. The number of hydrogen-bond acceptors (Lipinski definition) is 9. The zero-order valence-electron chi connectivity index (χ0n) is 35.1. The molecular weight excluding hydrogens is 777 g/mol. The number of alkyl carbamates (subject to hydrolysis) is 2. The maximum absolute atomic E-state index is 14.0. The summed E-state index contributed by atoms with van der Waals surface area (Å²) in [5, 5.41) is 7.71.